The summed E-state index contributed by atoms with van der Waals surface area (Å²) < 4.78 is 7.49. The summed E-state index contributed by atoms with van der Waals surface area (Å²) in [5.41, 5.74) is 2.87. The summed E-state index contributed by atoms with van der Waals surface area (Å²) in [6.45, 7) is 4.55. The van der Waals surface area contributed by atoms with Gasteiger partial charge in [-0.2, -0.15) is 5.26 Å². The average Bonchev–Trinajstić information content (AvgIpc) is 3.46. The molecule has 0 atom stereocenters. The van der Waals surface area contributed by atoms with Gasteiger partial charge in [-0.25, -0.2) is 4.98 Å². The fraction of sp³-hybridized carbons (Fsp3) is 0.259. The molecule has 0 radical (unpaired) electrons. The first-order chi connectivity index (χ1) is 18.1. The summed E-state index contributed by atoms with van der Waals surface area (Å²) in [5, 5.41) is 15.8. The molecule has 0 bridgehead atoms. The van der Waals surface area contributed by atoms with Gasteiger partial charge in [0, 0.05) is 37.1 Å². The van der Waals surface area contributed by atoms with Gasteiger partial charge in [0.25, 0.3) is 5.91 Å². The van der Waals surface area contributed by atoms with Crippen LogP contribution in [0.4, 0.5) is 11.5 Å². The smallest absolute Gasteiger partial charge is 0.259 e. The number of hydrogen-bond donors (Lipinski definition) is 3. The number of carbonyl (C=O) groups is 3. The van der Waals surface area contributed by atoms with Crippen molar-refractivity contribution < 1.29 is 18.9 Å². The number of anilines is 2. The normalized spacial score (nSPS) is 12.6. The van der Waals surface area contributed by atoms with Crippen molar-refractivity contribution in [1.82, 2.24) is 9.97 Å². The summed E-state index contributed by atoms with van der Waals surface area (Å²) in [6.07, 6.45) is 10.7. The molecule has 37 heavy (non-hydrogen) atoms. The summed E-state index contributed by atoms with van der Waals surface area (Å²) in [5.74, 6) is 0.293. The van der Waals surface area contributed by atoms with Crippen LogP contribution in [0.3, 0.4) is 0 Å². The van der Waals surface area contributed by atoms with E-state index in [2.05, 4.69) is 26.7 Å². The Hall–Kier alpha value is -4.07. The zero-order valence-corrected chi connectivity index (χ0v) is 21.5. The monoisotopic (exact) mass is 521 g/mol. The molecule has 0 aliphatic heterocycles. The van der Waals surface area contributed by atoms with Gasteiger partial charge in [0.15, 0.2) is 0 Å². The van der Waals surface area contributed by atoms with Crippen LogP contribution in [0.5, 0.6) is 0 Å². The minimum atomic E-state index is -0.379. The van der Waals surface area contributed by atoms with E-state index in [0.717, 1.165) is 48.9 Å². The molecule has 194 valence electrons. The molecule has 2 aromatic heterocycles. The number of hydrogen-bond acceptors (Lipinski definition) is 9. The van der Waals surface area contributed by atoms with Crippen molar-refractivity contribution in [3.63, 3.8) is 0 Å². The van der Waals surface area contributed by atoms with E-state index < -0.39 is 0 Å². The zero-order chi connectivity index (χ0) is 27.5. The van der Waals surface area contributed by atoms with Gasteiger partial charge in [-0.05, 0) is 72.4 Å². The lowest BCUT2D eigenvalue weighted by Gasteiger charge is -2.21. The maximum atomic E-state index is 12.9. The highest BCUT2D eigenvalue weighted by Gasteiger charge is 2.35. The van der Waals surface area contributed by atoms with Gasteiger partial charge in [-0.15, -0.1) is 0 Å². The highest BCUT2D eigenvalue weighted by molar-refractivity contribution is 7.93. The van der Waals surface area contributed by atoms with E-state index in [1.165, 1.54) is 0 Å². The molecule has 0 saturated heterocycles. The summed E-state index contributed by atoms with van der Waals surface area (Å²) in [6, 6.07) is 17.5. The molecule has 3 N–H and O–H groups in total. The predicted octanol–water partition coefficient (Wildman–Crippen LogP) is 5.13. The molecule has 3 aromatic rings. The number of carbonyl (C=O) groups excluding carboxylic acids is 3. The van der Waals surface area contributed by atoms with Crippen LogP contribution in [-0.4, -0.2) is 40.3 Å². The molecule has 9 nitrogen and oxygen atoms in total. The third-order valence-corrected chi connectivity index (χ3v) is 5.63. The molecule has 1 saturated carbocycles. The van der Waals surface area contributed by atoms with Crippen LogP contribution >= 0.6 is 12.0 Å². The number of benzene rings is 1. The highest BCUT2D eigenvalue weighted by Crippen LogP contribution is 2.40. The van der Waals surface area contributed by atoms with E-state index in [1.807, 2.05) is 50.0 Å². The molecular weight excluding hydrogens is 490 g/mol. The first-order valence-corrected chi connectivity index (χ1v) is 12.5. The number of pyridine rings is 2. The number of nitrogens with one attached hydrogen (secondary N) is 2. The molecule has 1 aliphatic rings. The van der Waals surface area contributed by atoms with E-state index in [9.17, 15) is 10.1 Å². The predicted molar refractivity (Wildman–Crippen MR) is 146 cm³/mol. The van der Waals surface area contributed by atoms with Gasteiger partial charge in [0.1, 0.15) is 19.4 Å². The second kappa shape index (κ2) is 17.4. The lowest BCUT2D eigenvalue weighted by molar-refractivity contribution is -0.0987. The van der Waals surface area contributed by atoms with Crippen molar-refractivity contribution in [3.8, 4) is 6.07 Å². The number of aromatic nitrogens is 2. The quantitative estimate of drug-likeness (QED) is 0.376. The molecule has 10 heteroatoms. The largest absolute Gasteiger partial charge is 0.365 e. The van der Waals surface area contributed by atoms with Crippen LogP contribution in [0.2, 0.25) is 0 Å². The van der Waals surface area contributed by atoms with Crippen LogP contribution in [0.1, 0.15) is 47.2 Å². The Morgan fingerprint density at radius 3 is 2.22 bits per heavy atom. The first-order valence-electron chi connectivity index (χ1n) is 11.3. The topological polar surface area (TPSA) is 145 Å². The third kappa shape index (κ3) is 9.14. The average molecular weight is 522 g/mol. The fourth-order valence-corrected chi connectivity index (χ4v) is 3.93. The van der Waals surface area contributed by atoms with Crippen LogP contribution in [0.15, 0.2) is 67.1 Å². The van der Waals surface area contributed by atoms with Crippen LogP contribution in [-0.2, 0) is 21.5 Å². The Bertz CT molecular complexity index is 1120. The van der Waals surface area contributed by atoms with Crippen LogP contribution in [0.25, 0.3) is 0 Å². The molecule has 4 rings (SSSR count). The fourth-order valence-electron chi connectivity index (χ4n) is 3.93. The molecule has 0 unspecified atom stereocenters. The molecule has 2 heterocycles. The number of nitriles is 1. The maximum absolute atomic E-state index is 12.9. The Morgan fingerprint density at radius 1 is 1.05 bits per heavy atom. The van der Waals surface area contributed by atoms with E-state index in [4.69, 9.17) is 14.1 Å². The molecule has 1 amide bonds. The van der Waals surface area contributed by atoms with Crippen molar-refractivity contribution in [2.45, 2.75) is 37.6 Å². The Balaban J connectivity index is 0.000000894. The Morgan fingerprint density at radius 2 is 1.65 bits per heavy atom. The number of rotatable bonds is 6. The van der Waals surface area contributed by atoms with Gasteiger partial charge in [0.05, 0.1) is 17.0 Å². The minimum Gasteiger partial charge on any atom is -0.365 e. The van der Waals surface area contributed by atoms with Crippen LogP contribution < -0.4 is 10.6 Å². The van der Waals surface area contributed by atoms with Gasteiger partial charge >= 0.3 is 0 Å². The minimum absolute atomic E-state index is 0.232. The van der Waals surface area contributed by atoms with E-state index >= 15 is 0 Å². The second-order valence-electron chi connectivity index (χ2n) is 7.72. The molecular formula is C27H31N5O4S. The van der Waals surface area contributed by atoms with Crippen LogP contribution in [0, 0.1) is 11.3 Å². The molecule has 1 aromatic carbocycles. The van der Waals surface area contributed by atoms with Gasteiger partial charge < -0.3 is 24.8 Å². The lowest BCUT2D eigenvalue weighted by atomic mass is 9.80. The van der Waals surface area contributed by atoms with E-state index in [1.54, 1.807) is 37.0 Å². The summed E-state index contributed by atoms with van der Waals surface area (Å²) in [4.78, 5) is 37.2. The van der Waals surface area contributed by atoms with Crippen molar-refractivity contribution in [2.24, 2.45) is 0 Å². The number of amides is 1. The maximum Gasteiger partial charge on any atom is 0.259 e. The SMILES string of the molecule is C=O.C=O.CSO.N#CC1(c2ccc(NC(=O)c3cccnc3NCc3ccncc3)cc2)CCCC1. The molecule has 0 spiro atoms. The molecule has 1 aliphatic carbocycles. The van der Waals surface area contributed by atoms with E-state index in [-0.39, 0.29) is 11.3 Å². The first kappa shape index (κ1) is 31.0. The van der Waals surface area contributed by atoms with Crippen molar-refractivity contribution in [3.05, 3.63) is 83.8 Å². The third-order valence-electron chi connectivity index (χ3n) is 5.63. The van der Waals surface area contributed by atoms with Crippen molar-refractivity contribution in [1.29, 1.82) is 5.26 Å². The van der Waals surface area contributed by atoms with Crippen molar-refractivity contribution in [2.75, 3.05) is 16.9 Å². The van der Waals surface area contributed by atoms with Crippen molar-refractivity contribution >= 4 is 43.0 Å². The lowest BCUT2D eigenvalue weighted by Crippen LogP contribution is -2.19. The summed E-state index contributed by atoms with van der Waals surface area (Å²) in [7, 11) is 0. The standard InChI is InChI=1S/C24H23N5O.CH4OS.2CH2O/c25-17-24(11-1-2-12-24)19-5-7-20(8-6-19)29-23(30)21-4-3-13-27-22(21)28-16-18-9-14-26-15-10-18;1-3-2;2*1-2/h3-10,13-15H,1-2,11-12,16H2,(H,27,28)(H,29,30);2H,1H3;2*1H2. The van der Waals surface area contributed by atoms with Gasteiger partial charge in [-0.1, -0.05) is 25.0 Å². The van der Waals surface area contributed by atoms with Gasteiger partial charge in [-0.3, -0.25) is 9.78 Å². The second-order valence-corrected chi connectivity index (χ2v) is 8.09. The Labute approximate surface area is 221 Å². The zero-order valence-electron chi connectivity index (χ0n) is 20.7. The van der Waals surface area contributed by atoms with E-state index in [0.29, 0.717) is 23.6 Å². The Kier molecular flexibility index (Phi) is 14.5. The highest BCUT2D eigenvalue weighted by atomic mass is 32.2. The summed E-state index contributed by atoms with van der Waals surface area (Å²) >= 11 is 0.750. The number of nitrogens with zero attached hydrogens (tertiary/aromatic N) is 3. The molecule has 1 fully saturated rings. The van der Waals surface area contributed by atoms with Gasteiger partial charge in [0.2, 0.25) is 0 Å².